The van der Waals surface area contributed by atoms with Gasteiger partial charge in [0.15, 0.2) is 6.61 Å². The zero-order valence-electron chi connectivity index (χ0n) is 13.1. The second kappa shape index (κ2) is 7.02. The molecule has 1 aliphatic carbocycles. The molecule has 0 saturated carbocycles. The van der Waals surface area contributed by atoms with Gasteiger partial charge in [-0.1, -0.05) is 6.07 Å². The number of halogens is 1. The van der Waals surface area contributed by atoms with Gasteiger partial charge in [-0.05, 0) is 43.0 Å². The lowest BCUT2D eigenvalue weighted by Gasteiger charge is -2.07. The third-order valence-corrected chi connectivity index (χ3v) is 5.02. The summed E-state index contributed by atoms with van der Waals surface area (Å²) in [6.07, 6.45) is 2.57. The molecule has 2 aromatic rings. The highest BCUT2D eigenvalue weighted by molar-refractivity contribution is 7.17. The average Bonchev–Trinajstić information content (AvgIpc) is 3.12. The fourth-order valence-electron chi connectivity index (χ4n) is 2.75. The third kappa shape index (κ3) is 3.69. The maximum Gasteiger partial charge on any atom is 0.338 e. The summed E-state index contributed by atoms with van der Waals surface area (Å²) in [6.45, 7) is -0.546. The first kappa shape index (κ1) is 17.1. The smallest absolute Gasteiger partial charge is 0.338 e. The Morgan fingerprint density at radius 2 is 2.08 bits per heavy atom. The zero-order valence-corrected chi connectivity index (χ0v) is 14.0. The number of nitrogens with one attached hydrogen (secondary N) is 1. The van der Waals surface area contributed by atoms with Gasteiger partial charge < -0.3 is 15.8 Å². The summed E-state index contributed by atoms with van der Waals surface area (Å²) in [7, 11) is 0. The highest BCUT2D eigenvalue weighted by atomic mass is 32.1. The van der Waals surface area contributed by atoms with E-state index in [1.54, 1.807) is 0 Å². The summed E-state index contributed by atoms with van der Waals surface area (Å²) in [5, 5.41) is 2.95. The minimum absolute atomic E-state index is 0.0146. The molecule has 1 aliphatic rings. The van der Waals surface area contributed by atoms with Crippen LogP contribution in [-0.2, 0) is 22.4 Å². The lowest BCUT2D eigenvalue weighted by Crippen LogP contribution is -2.22. The van der Waals surface area contributed by atoms with Gasteiger partial charge in [0, 0.05) is 4.88 Å². The van der Waals surface area contributed by atoms with Crippen LogP contribution in [0.2, 0.25) is 0 Å². The number of amides is 2. The van der Waals surface area contributed by atoms with E-state index in [0.29, 0.717) is 10.6 Å². The van der Waals surface area contributed by atoms with Crippen LogP contribution in [0, 0.1) is 5.82 Å². The van der Waals surface area contributed by atoms with E-state index >= 15 is 0 Å². The van der Waals surface area contributed by atoms with Gasteiger partial charge in [-0.3, -0.25) is 9.59 Å². The number of carbonyl (C=O) groups excluding carboxylic acids is 3. The molecule has 8 heteroatoms. The Labute approximate surface area is 146 Å². The Morgan fingerprint density at radius 1 is 1.28 bits per heavy atom. The van der Waals surface area contributed by atoms with Crippen molar-refractivity contribution in [3.8, 4) is 0 Å². The molecule has 0 unspecified atom stereocenters. The zero-order chi connectivity index (χ0) is 18.0. The number of anilines is 1. The second-order valence-corrected chi connectivity index (χ2v) is 6.67. The van der Waals surface area contributed by atoms with Crippen LogP contribution >= 0.6 is 11.3 Å². The molecule has 3 N–H and O–H groups in total. The number of rotatable bonds is 5. The lowest BCUT2D eigenvalue weighted by molar-refractivity contribution is -0.119. The first-order valence-electron chi connectivity index (χ1n) is 7.62. The number of aryl methyl sites for hydroxylation is 1. The van der Waals surface area contributed by atoms with Crippen LogP contribution in [0.3, 0.4) is 0 Å². The van der Waals surface area contributed by atoms with E-state index in [0.717, 1.165) is 35.8 Å². The maximum absolute atomic E-state index is 13.1. The topological polar surface area (TPSA) is 98.5 Å². The molecule has 25 heavy (non-hydrogen) atoms. The normalized spacial score (nSPS) is 12.5. The van der Waals surface area contributed by atoms with Crippen molar-refractivity contribution in [1.29, 1.82) is 0 Å². The number of fused-ring (bicyclic) bond motifs is 1. The highest BCUT2D eigenvalue weighted by Crippen LogP contribution is 2.38. The molecule has 0 radical (unpaired) electrons. The van der Waals surface area contributed by atoms with E-state index in [2.05, 4.69) is 5.32 Å². The van der Waals surface area contributed by atoms with Crippen LogP contribution in [0.25, 0.3) is 0 Å². The minimum atomic E-state index is -0.807. The first-order valence-corrected chi connectivity index (χ1v) is 8.44. The van der Waals surface area contributed by atoms with Crippen molar-refractivity contribution >= 4 is 34.1 Å². The Kier molecular flexibility index (Phi) is 4.80. The number of carbonyl (C=O) groups is 3. The summed E-state index contributed by atoms with van der Waals surface area (Å²) in [5.41, 5.74) is 6.66. The monoisotopic (exact) mass is 362 g/mol. The molecular weight excluding hydrogens is 347 g/mol. The summed E-state index contributed by atoms with van der Waals surface area (Å²) in [5.74, 6) is -2.56. The summed E-state index contributed by atoms with van der Waals surface area (Å²) < 4.78 is 17.9. The number of thiophene rings is 1. The Bertz CT molecular complexity index is 862. The molecule has 130 valence electrons. The fraction of sp³-hybridized carbons (Fsp3) is 0.235. The van der Waals surface area contributed by atoms with Crippen molar-refractivity contribution in [1.82, 2.24) is 0 Å². The van der Waals surface area contributed by atoms with Crippen molar-refractivity contribution < 1.29 is 23.5 Å². The van der Waals surface area contributed by atoms with E-state index in [-0.39, 0.29) is 5.56 Å². The van der Waals surface area contributed by atoms with Crippen LogP contribution in [0.15, 0.2) is 24.3 Å². The molecule has 0 aliphatic heterocycles. The Hall–Kier alpha value is -2.74. The Morgan fingerprint density at radius 3 is 2.80 bits per heavy atom. The third-order valence-electron chi connectivity index (χ3n) is 3.82. The van der Waals surface area contributed by atoms with E-state index in [4.69, 9.17) is 10.5 Å². The van der Waals surface area contributed by atoms with Crippen LogP contribution in [0.4, 0.5) is 9.39 Å². The number of primary amides is 1. The number of ether oxygens (including phenoxy) is 1. The molecule has 2 amide bonds. The SMILES string of the molecule is NC(=O)c1c(NC(=O)COC(=O)c2cccc(F)c2)sc2c1CCC2. The van der Waals surface area contributed by atoms with Gasteiger partial charge in [0.25, 0.3) is 11.8 Å². The number of hydrogen-bond donors (Lipinski definition) is 2. The van der Waals surface area contributed by atoms with Crippen molar-refractivity contribution in [2.24, 2.45) is 5.73 Å². The quantitative estimate of drug-likeness (QED) is 0.797. The van der Waals surface area contributed by atoms with E-state index in [9.17, 15) is 18.8 Å². The molecular formula is C17H15FN2O4S. The van der Waals surface area contributed by atoms with Crippen molar-refractivity contribution in [3.63, 3.8) is 0 Å². The van der Waals surface area contributed by atoms with Gasteiger partial charge in [-0.2, -0.15) is 0 Å². The number of nitrogens with two attached hydrogens (primary N) is 1. The molecule has 6 nitrogen and oxygen atoms in total. The summed E-state index contributed by atoms with van der Waals surface area (Å²) >= 11 is 1.32. The predicted molar refractivity (Wildman–Crippen MR) is 90.2 cm³/mol. The second-order valence-electron chi connectivity index (χ2n) is 5.56. The average molecular weight is 362 g/mol. The van der Waals surface area contributed by atoms with Crippen LogP contribution < -0.4 is 11.1 Å². The number of benzene rings is 1. The molecule has 1 aromatic heterocycles. The van der Waals surface area contributed by atoms with Crippen LogP contribution in [0.1, 0.15) is 37.6 Å². The standard InChI is InChI=1S/C17H15FN2O4S/c18-10-4-1-3-9(7-10)17(23)24-8-13(21)20-16-14(15(19)22)11-5-2-6-12(11)25-16/h1,3-4,7H,2,5-6,8H2,(H2,19,22)(H,20,21). The van der Waals surface area contributed by atoms with Gasteiger partial charge in [-0.15, -0.1) is 11.3 Å². The molecule has 0 spiro atoms. The number of hydrogen-bond acceptors (Lipinski definition) is 5. The predicted octanol–water partition coefficient (Wildman–Crippen LogP) is 2.27. The number of esters is 1. The molecule has 0 bridgehead atoms. The van der Waals surface area contributed by atoms with Crippen LogP contribution in [0.5, 0.6) is 0 Å². The largest absolute Gasteiger partial charge is 0.452 e. The van der Waals surface area contributed by atoms with Crippen LogP contribution in [-0.4, -0.2) is 24.4 Å². The minimum Gasteiger partial charge on any atom is -0.452 e. The Balaban J connectivity index is 1.64. The highest BCUT2D eigenvalue weighted by Gasteiger charge is 2.26. The van der Waals surface area contributed by atoms with E-state index < -0.39 is 30.2 Å². The van der Waals surface area contributed by atoms with Gasteiger partial charge in [-0.25, -0.2) is 9.18 Å². The van der Waals surface area contributed by atoms with Gasteiger partial charge >= 0.3 is 5.97 Å². The van der Waals surface area contributed by atoms with E-state index in [1.807, 2.05) is 0 Å². The fourth-order valence-corrected chi connectivity index (χ4v) is 4.06. The molecule has 0 fully saturated rings. The lowest BCUT2D eigenvalue weighted by atomic mass is 10.1. The summed E-state index contributed by atoms with van der Waals surface area (Å²) in [6, 6.07) is 4.98. The maximum atomic E-state index is 13.1. The van der Waals surface area contributed by atoms with E-state index in [1.165, 1.54) is 29.5 Å². The molecule has 0 saturated heterocycles. The van der Waals surface area contributed by atoms with Gasteiger partial charge in [0.1, 0.15) is 10.8 Å². The van der Waals surface area contributed by atoms with Crippen molar-refractivity contribution in [3.05, 3.63) is 51.7 Å². The first-order chi connectivity index (χ1) is 12.0. The molecule has 1 heterocycles. The van der Waals surface area contributed by atoms with Gasteiger partial charge in [0.05, 0.1) is 11.1 Å². The molecule has 0 atom stereocenters. The molecule has 1 aromatic carbocycles. The van der Waals surface area contributed by atoms with Crippen molar-refractivity contribution in [2.75, 3.05) is 11.9 Å². The van der Waals surface area contributed by atoms with Crippen molar-refractivity contribution in [2.45, 2.75) is 19.3 Å². The van der Waals surface area contributed by atoms with Gasteiger partial charge in [0.2, 0.25) is 0 Å². The summed E-state index contributed by atoms with van der Waals surface area (Å²) in [4.78, 5) is 36.5. The molecule has 3 rings (SSSR count).